The molecular weight excluding hydrogens is 404 g/mol. The Morgan fingerprint density at radius 3 is 2.50 bits per heavy atom. The Balaban J connectivity index is 1.93. The minimum atomic E-state index is -3.86. The average Bonchev–Trinajstić information content (AvgIpc) is 3.04. The molecule has 0 aromatic heterocycles. The molecule has 8 heteroatoms. The molecule has 0 bridgehead atoms. The summed E-state index contributed by atoms with van der Waals surface area (Å²) in [5.74, 6) is 1.01. The highest BCUT2D eigenvalue weighted by atomic mass is 32.2. The number of carbonyl (C=O) groups is 1. The van der Waals surface area contributed by atoms with Gasteiger partial charge < -0.3 is 14.4 Å². The van der Waals surface area contributed by atoms with Gasteiger partial charge in [-0.05, 0) is 63.1 Å². The van der Waals surface area contributed by atoms with Crippen molar-refractivity contribution in [2.24, 2.45) is 0 Å². The summed E-state index contributed by atoms with van der Waals surface area (Å²) in [6, 6.07) is 9.93. The van der Waals surface area contributed by atoms with Crippen LogP contribution in [0.15, 0.2) is 41.3 Å². The Hall–Kier alpha value is -2.74. The molecule has 2 aromatic carbocycles. The second-order valence-corrected chi connectivity index (χ2v) is 8.77. The first-order valence-corrected chi connectivity index (χ1v) is 11.7. The van der Waals surface area contributed by atoms with Gasteiger partial charge in [0.15, 0.2) is 0 Å². The van der Waals surface area contributed by atoms with E-state index in [0.29, 0.717) is 43.2 Å². The van der Waals surface area contributed by atoms with Crippen molar-refractivity contribution in [1.82, 2.24) is 0 Å². The molecule has 1 aliphatic rings. The van der Waals surface area contributed by atoms with Gasteiger partial charge in [0.05, 0.1) is 23.8 Å². The van der Waals surface area contributed by atoms with Gasteiger partial charge in [-0.3, -0.25) is 9.52 Å². The molecule has 7 nitrogen and oxygen atoms in total. The number of carbonyl (C=O) groups excluding carboxylic acids is 1. The highest BCUT2D eigenvalue weighted by Crippen LogP contribution is 2.36. The van der Waals surface area contributed by atoms with Crippen molar-refractivity contribution in [3.63, 3.8) is 0 Å². The monoisotopic (exact) mass is 432 g/mol. The molecule has 2 aromatic rings. The van der Waals surface area contributed by atoms with E-state index in [1.807, 2.05) is 27.7 Å². The topological polar surface area (TPSA) is 84.9 Å². The zero-order chi connectivity index (χ0) is 21.9. The summed E-state index contributed by atoms with van der Waals surface area (Å²) in [6.07, 6.45) is 1.02. The number of rotatable bonds is 8. The summed E-state index contributed by atoms with van der Waals surface area (Å²) in [4.78, 5) is 14.2. The van der Waals surface area contributed by atoms with Gasteiger partial charge in [-0.15, -0.1) is 0 Å². The van der Waals surface area contributed by atoms with Crippen LogP contribution in [0.5, 0.6) is 11.5 Å². The summed E-state index contributed by atoms with van der Waals surface area (Å²) in [5, 5.41) is 0. The van der Waals surface area contributed by atoms with E-state index in [1.165, 1.54) is 6.07 Å². The number of fused-ring (bicyclic) bond motifs is 1. The number of sulfonamides is 1. The first-order valence-electron chi connectivity index (χ1n) is 10.2. The molecule has 0 fully saturated rings. The van der Waals surface area contributed by atoms with E-state index in [9.17, 15) is 13.2 Å². The lowest BCUT2D eigenvalue weighted by molar-refractivity contribution is -0.118. The number of amides is 1. The van der Waals surface area contributed by atoms with Crippen LogP contribution in [0.2, 0.25) is 0 Å². The van der Waals surface area contributed by atoms with Crippen molar-refractivity contribution in [3.8, 4) is 11.5 Å². The highest BCUT2D eigenvalue weighted by Gasteiger charge is 2.31. The molecule has 30 heavy (non-hydrogen) atoms. The van der Waals surface area contributed by atoms with Crippen molar-refractivity contribution in [1.29, 1.82) is 0 Å². The number of hydrogen-bond acceptors (Lipinski definition) is 5. The number of anilines is 2. The van der Waals surface area contributed by atoms with Gasteiger partial charge in [0.2, 0.25) is 5.91 Å². The molecule has 1 amide bonds. The second kappa shape index (κ2) is 8.95. The van der Waals surface area contributed by atoms with Crippen LogP contribution in [-0.4, -0.2) is 33.6 Å². The molecule has 0 radical (unpaired) electrons. The maximum absolute atomic E-state index is 13.1. The van der Waals surface area contributed by atoms with Crippen molar-refractivity contribution < 1.29 is 22.7 Å². The minimum Gasteiger partial charge on any atom is -0.494 e. The van der Waals surface area contributed by atoms with Gasteiger partial charge in [-0.2, -0.15) is 0 Å². The highest BCUT2D eigenvalue weighted by molar-refractivity contribution is 7.92. The van der Waals surface area contributed by atoms with Gasteiger partial charge in [0.1, 0.15) is 11.5 Å². The third-order valence-electron chi connectivity index (χ3n) is 4.95. The van der Waals surface area contributed by atoms with Crippen molar-refractivity contribution in [2.75, 3.05) is 22.8 Å². The van der Waals surface area contributed by atoms with Crippen LogP contribution >= 0.6 is 0 Å². The lowest BCUT2D eigenvalue weighted by Gasteiger charge is -2.22. The Morgan fingerprint density at radius 2 is 1.83 bits per heavy atom. The number of nitrogens with zero attached hydrogens (tertiary/aromatic N) is 1. The molecule has 0 saturated heterocycles. The van der Waals surface area contributed by atoms with Crippen LogP contribution in [0.25, 0.3) is 0 Å². The molecule has 162 valence electrons. The number of nitrogens with one attached hydrogen (secondary N) is 1. The van der Waals surface area contributed by atoms with E-state index >= 15 is 0 Å². The summed E-state index contributed by atoms with van der Waals surface area (Å²) in [7, 11) is -3.86. The van der Waals surface area contributed by atoms with Gasteiger partial charge in [0.25, 0.3) is 10.0 Å². The zero-order valence-electron chi connectivity index (χ0n) is 17.8. The fraction of sp³-hybridized carbons (Fsp3) is 0.409. The SMILES string of the molecule is CCOc1ccc(OCC)c(NS(=O)(=O)c2ccc3c(c2)C[C@H](C)N3C(=O)CC)c1. The quantitative estimate of drug-likeness (QED) is 0.682. The first-order chi connectivity index (χ1) is 14.3. The summed E-state index contributed by atoms with van der Waals surface area (Å²) < 4.78 is 39.9. The van der Waals surface area contributed by atoms with Crippen LogP contribution in [0.3, 0.4) is 0 Å². The Bertz CT molecular complexity index is 1040. The van der Waals surface area contributed by atoms with Crippen LogP contribution < -0.4 is 19.1 Å². The number of benzene rings is 2. The third-order valence-corrected chi connectivity index (χ3v) is 6.32. The van der Waals surface area contributed by atoms with Gasteiger partial charge >= 0.3 is 0 Å². The molecule has 0 unspecified atom stereocenters. The maximum atomic E-state index is 13.1. The Kier molecular flexibility index (Phi) is 6.55. The summed E-state index contributed by atoms with van der Waals surface area (Å²) >= 11 is 0. The molecule has 0 spiro atoms. The van der Waals surface area contributed by atoms with Crippen LogP contribution in [0.1, 0.15) is 39.7 Å². The van der Waals surface area contributed by atoms with E-state index in [0.717, 1.165) is 11.3 Å². The van der Waals surface area contributed by atoms with Crippen LogP contribution in [0, 0.1) is 0 Å². The van der Waals surface area contributed by atoms with E-state index < -0.39 is 10.0 Å². The zero-order valence-corrected chi connectivity index (χ0v) is 18.6. The fourth-order valence-electron chi connectivity index (χ4n) is 3.66. The third kappa shape index (κ3) is 4.38. The second-order valence-electron chi connectivity index (χ2n) is 7.09. The van der Waals surface area contributed by atoms with E-state index in [-0.39, 0.29) is 16.8 Å². The standard InChI is InChI=1S/C22H28N2O5S/c1-5-22(25)24-15(4)12-16-13-18(9-10-20(16)24)30(26,27)23-19-14-17(28-6-2)8-11-21(19)29-7-3/h8-11,13-15,23H,5-7,12H2,1-4H3/t15-/m0/s1. The van der Waals surface area contributed by atoms with Crippen molar-refractivity contribution in [3.05, 3.63) is 42.0 Å². The normalized spacial score (nSPS) is 15.6. The van der Waals surface area contributed by atoms with E-state index in [4.69, 9.17) is 9.47 Å². The Labute approximate surface area is 178 Å². The van der Waals surface area contributed by atoms with Crippen molar-refractivity contribution in [2.45, 2.75) is 51.5 Å². The lowest BCUT2D eigenvalue weighted by atomic mass is 10.1. The number of ether oxygens (including phenoxy) is 2. The number of hydrogen-bond donors (Lipinski definition) is 1. The van der Waals surface area contributed by atoms with Crippen LogP contribution in [-0.2, 0) is 21.2 Å². The van der Waals surface area contributed by atoms with Gasteiger partial charge in [-0.25, -0.2) is 8.42 Å². The van der Waals surface area contributed by atoms with E-state index in [2.05, 4.69) is 4.72 Å². The lowest BCUT2D eigenvalue weighted by Crippen LogP contribution is -2.35. The molecule has 0 aliphatic carbocycles. The fourth-order valence-corrected chi connectivity index (χ4v) is 4.77. The Morgan fingerprint density at radius 1 is 1.10 bits per heavy atom. The predicted molar refractivity (Wildman–Crippen MR) is 117 cm³/mol. The smallest absolute Gasteiger partial charge is 0.262 e. The predicted octanol–water partition coefficient (Wildman–Crippen LogP) is 3.97. The molecule has 1 heterocycles. The molecule has 3 rings (SSSR count). The maximum Gasteiger partial charge on any atom is 0.262 e. The van der Waals surface area contributed by atoms with Crippen LogP contribution in [0.4, 0.5) is 11.4 Å². The molecular formula is C22H28N2O5S. The van der Waals surface area contributed by atoms with E-state index in [1.54, 1.807) is 35.2 Å². The van der Waals surface area contributed by atoms with Gasteiger partial charge in [0, 0.05) is 24.2 Å². The largest absolute Gasteiger partial charge is 0.494 e. The molecule has 1 atom stereocenters. The van der Waals surface area contributed by atoms with Crippen molar-refractivity contribution >= 4 is 27.3 Å². The molecule has 1 N–H and O–H groups in total. The summed E-state index contributed by atoms with van der Waals surface area (Å²) in [6.45, 7) is 8.35. The average molecular weight is 433 g/mol. The molecule has 1 aliphatic heterocycles. The van der Waals surface area contributed by atoms with Gasteiger partial charge in [-0.1, -0.05) is 6.92 Å². The summed E-state index contributed by atoms with van der Waals surface area (Å²) in [5.41, 5.74) is 1.95. The first kappa shape index (κ1) is 22.0. The molecule has 0 saturated carbocycles. The minimum absolute atomic E-state index is 0.00537.